The Morgan fingerprint density at radius 1 is 1.47 bits per heavy atom. The predicted molar refractivity (Wildman–Crippen MR) is 61.7 cm³/mol. The van der Waals surface area contributed by atoms with E-state index in [1.807, 2.05) is 27.7 Å². The molecule has 0 bridgehead atoms. The van der Waals surface area contributed by atoms with Gasteiger partial charge in [0.05, 0.1) is 24.7 Å². The highest BCUT2D eigenvalue weighted by Crippen LogP contribution is 2.28. The van der Waals surface area contributed by atoms with Crippen molar-refractivity contribution in [3.63, 3.8) is 0 Å². The molecule has 1 saturated heterocycles. The molecular weight excluding hydrogens is 220 g/mol. The number of nitrogens with zero attached hydrogens (tertiary/aromatic N) is 2. The van der Waals surface area contributed by atoms with Gasteiger partial charge >= 0.3 is 0 Å². The predicted octanol–water partition coefficient (Wildman–Crippen LogP) is 1.45. The van der Waals surface area contributed by atoms with Crippen LogP contribution >= 0.6 is 0 Å². The SMILES string of the molecule is C[C@H]1C[C@@](O)(Cc2nc(C(C)(C)C)no2)CO1. The van der Waals surface area contributed by atoms with Crippen LogP contribution in [0, 0.1) is 0 Å². The van der Waals surface area contributed by atoms with Gasteiger partial charge in [-0.3, -0.25) is 0 Å². The number of ether oxygens (including phenoxy) is 1. The van der Waals surface area contributed by atoms with E-state index in [9.17, 15) is 5.11 Å². The summed E-state index contributed by atoms with van der Waals surface area (Å²) in [6.07, 6.45) is 1.06. The Balaban J connectivity index is 2.07. The van der Waals surface area contributed by atoms with Crippen LogP contribution in [-0.2, 0) is 16.6 Å². The van der Waals surface area contributed by atoms with Crippen molar-refractivity contribution in [1.82, 2.24) is 10.1 Å². The number of aliphatic hydroxyl groups is 1. The molecule has 17 heavy (non-hydrogen) atoms. The van der Waals surface area contributed by atoms with E-state index in [4.69, 9.17) is 9.26 Å². The van der Waals surface area contributed by atoms with Crippen molar-refractivity contribution in [2.75, 3.05) is 6.61 Å². The molecular formula is C12H20N2O3. The Kier molecular flexibility index (Phi) is 2.99. The molecule has 0 radical (unpaired) electrons. The average molecular weight is 240 g/mol. The minimum absolute atomic E-state index is 0.0880. The second kappa shape index (κ2) is 4.07. The molecule has 0 saturated carbocycles. The first kappa shape index (κ1) is 12.5. The summed E-state index contributed by atoms with van der Waals surface area (Å²) in [6, 6.07) is 0. The van der Waals surface area contributed by atoms with Crippen molar-refractivity contribution in [2.24, 2.45) is 0 Å². The summed E-state index contributed by atoms with van der Waals surface area (Å²) < 4.78 is 10.6. The Labute approximate surface area is 101 Å². The van der Waals surface area contributed by atoms with Gasteiger partial charge in [0.15, 0.2) is 5.82 Å². The molecule has 1 aliphatic rings. The van der Waals surface area contributed by atoms with Crippen molar-refractivity contribution in [3.8, 4) is 0 Å². The standard InChI is InChI=1S/C12H20N2O3/c1-8-5-12(15,7-16-8)6-9-13-10(14-17-9)11(2,3)4/h8,15H,5-7H2,1-4H3/t8-,12+/m0/s1. The minimum atomic E-state index is -0.860. The first-order chi connectivity index (χ1) is 7.78. The molecule has 0 aliphatic carbocycles. The number of hydrogen-bond donors (Lipinski definition) is 1. The van der Waals surface area contributed by atoms with Gasteiger partial charge in [0.1, 0.15) is 0 Å². The lowest BCUT2D eigenvalue weighted by Gasteiger charge is -2.17. The van der Waals surface area contributed by atoms with Crippen LogP contribution in [0.15, 0.2) is 4.52 Å². The second-order valence-corrected chi connectivity index (χ2v) is 5.99. The first-order valence-electron chi connectivity index (χ1n) is 5.96. The number of hydrogen-bond acceptors (Lipinski definition) is 5. The molecule has 0 aromatic carbocycles. The molecule has 1 aromatic rings. The van der Waals surface area contributed by atoms with Gasteiger partial charge in [-0.15, -0.1) is 0 Å². The monoisotopic (exact) mass is 240 g/mol. The molecule has 5 nitrogen and oxygen atoms in total. The Hall–Kier alpha value is -0.940. The summed E-state index contributed by atoms with van der Waals surface area (Å²) in [7, 11) is 0. The lowest BCUT2D eigenvalue weighted by molar-refractivity contribution is 0.0173. The van der Waals surface area contributed by atoms with Gasteiger partial charge < -0.3 is 14.4 Å². The first-order valence-corrected chi connectivity index (χ1v) is 5.96. The van der Waals surface area contributed by atoms with E-state index < -0.39 is 5.60 Å². The van der Waals surface area contributed by atoms with Crippen molar-refractivity contribution >= 4 is 0 Å². The maximum atomic E-state index is 10.3. The molecule has 0 unspecified atom stereocenters. The normalized spacial score (nSPS) is 29.8. The van der Waals surface area contributed by atoms with Crippen LogP contribution < -0.4 is 0 Å². The summed E-state index contributed by atoms with van der Waals surface area (Å²) in [6.45, 7) is 8.36. The van der Waals surface area contributed by atoms with Crippen LogP contribution in [0.1, 0.15) is 45.8 Å². The third-order valence-electron chi connectivity index (χ3n) is 2.92. The zero-order valence-electron chi connectivity index (χ0n) is 10.9. The highest BCUT2D eigenvalue weighted by atomic mass is 16.5. The third kappa shape index (κ3) is 2.84. The molecule has 1 fully saturated rings. The maximum Gasteiger partial charge on any atom is 0.229 e. The minimum Gasteiger partial charge on any atom is -0.387 e. The van der Waals surface area contributed by atoms with Crippen LogP contribution in [0.2, 0.25) is 0 Å². The molecule has 2 atom stereocenters. The number of rotatable bonds is 2. The zero-order valence-corrected chi connectivity index (χ0v) is 10.9. The van der Waals surface area contributed by atoms with E-state index in [0.717, 1.165) is 0 Å². The molecule has 1 N–H and O–H groups in total. The molecule has 1 aromatic heterocycles. The molecule has 0 spiro atoms. The van der Waals surface area contributed by atoms with Gasteiger partial charge in [-0.2, -0.15) is 4.98 Å². The smallest absolute Gasteiger partial charge is 0.229 e. The lowest BCUT2D eigenvalue weighted by atomic mass is 9.95. The molecule has 2 rings (SSSR count). The van der Waals surface area contributed by atoms with Crippen molar-refractivity contribution in [1.29, 1.82) is 0 Å². The summed E-state index contributed by atoms with van der Waals surface area (Å²) in [5.41, 5.74) is -0.995. The topological polar surface area (TPSA) is 68.4 Å². The summed E-state index contributed by atoms with van der Waals surface area (Å²) in [5, 5.41) is 14.2. The van der Waals surface area contributed by atoms with Gasteiger partial charge in [0.25, 0.3) is 0 Å². The fourth-order valence-corrected chi connectivity index (χ4v) is 1.99. The third-order valence-corrected chi connectivity index (χ3v) is 2.92. The van der Waals surface area contributed by atoms with E-state index in [1.165, 1.54) is 0 Å². The Morgan fingerprint density at radius 2 is 2.18 bits per heavy atom. The summed E-state index contributed by atoms with van der Waals surface area (Å²) >= 11 is 0. The van der Waals surface area contributed by atoms with E-state index in [1.54, 1.807) is 0 Å². The Bertz CT molecular complexity index is 397. The van der Waals surface area contributed by atoms with Gasteiger partial charge in [-0.25, -0.2) is 0 Å². The van der Waals surface area contributed by atoms with Crippen molar-refractivity contribution in [2.45, 2.75) is 57.7 Å². The molecule has 96 valence electrons. The fraction of sp³-hybridized carbons (Fsp3) is 0.833. The van der Waals surface area contributed by atoms with E-state index in [-0.39, 0.29) is 11.5 Å². The zero-order chi connectivity index (χ0) is 12.7. The summed E-state index contributed by atoms with van der Waals surface area (Å²) in [4.78, 5) is 4.32. The van der Waals surface area contributed by atoms with Crippen LogP contribution in [0.4, 0.5) is 0 Å². The van der Waals surface area contributed by atoms with Crippen molar-refractivity contribution in [3.05, 3.63) is 11.7 Å². The summed E-state index contributed by atoms with van der Waals surface area (Å²) in [5.74, 6) is 1.15. The lowest BCUT2D eigenvalue weighted by Crippen LogP contribution is -2.32. The molecule has 2 heterocycles. The molecule has 0 amide bonds. The fourth-order valence-electron chi connectivity index (χ4n) is 1.99. The maximum absolute atomic E-state index is 10.3. The largest absolute Gasteiger partial charge is 0.387 e. The average Bonchev–Trinajstić information content (AvgIpc) is 2.73. The van der Waals surface area contributed by atoms with Crippen molar-refractivity contribution < 1.29 is 14.4 Å². The van der Waals surface area contributed by atoms with Crippen LogP contribution in [0.25, 0.3) is 0 Å². The van der Waals surface area contributed by atoms with Crippen LogP contribution in [0.5, 0.6) is 0 Å². The second-order valence-electron chi connectivity index (χ2n) is 5.99. The number of aromatic nitrogens is 2. The van der Waals surface area contributed by atoms with Gasteiger partial charge in [0.2, 0.25) is 5.89 Å². The van der Waals surface area contributed by atoms with Crippen LogP contribution in [-0.4, -0.2) is 33.6 Å². The quantitative estimate of drug-likeness (QED) is 0.847. The molecule has 1 aliphatic heterocycles. The molecule has 5 heteroatoms. The van der Waals surface area contributed by atoms with Gasteiger partial charge in [0, 0.05) is 11.8 Å². The van der Waals surface area contributed by atoms with Gasteiger partial charge in [-0.1, -0.05) is 25.9 Å². The van der Waals surface area contributed by atoms with Gasteiger partial charge in [-0.05, 0) is 6.92 Å². The highest BCUT2D eigenvalue weighted by Gasteiger charge is 2.38. The Morgan fingerprint density at radius 3 is 2.65 bits per heavy atom. The highest BCUT2D eigenvalue weighted by molar-refractivity contribution is 5.02. The van der Waals surface area contributed by atoms with E-state index in [2.05, 4.69) is 10.1 Å². The van der Waals surface area contributed by atoms with Crippen LogP contribution in [0.3, 0.4) is 0 Å². The van der Waals surface area contributed by atoms with E-state index in [0.29, 0.717) is 31.2 Å². The van der Waals surface area contributed by atoms with E-state index >= 15 is 0 Å².